The Labute approximate surface area is 74.2 Å². The van der Waals surface area contributed by atoms with E-state index in [9.17, 15) is 9.90 Å². The summed E-state index contributed by atoms with van der Waals surface area (Å²) in [6, 6.07) is 7.53. The number of hydrogen-bond donors (Lipinski definition) is 1. The van der Waals surface area contributed by atoms with Crippen molar-refractivity contribution in [3.8, 4) is 0 Å². The summed E-state index contributed by atoms with van der Waals surface area (Å²) in [7, 11) is 0. The van der Waals surface area contributed by atoms with Crippen molar-refractivity contribution in [1.29, 1.82) is 0 Å². The van der Waals surface area contributed by atoms with Crippen LogP contribution in [0.4, 0.5) is 0 Å². The predicted molar refractivity (Wildman–Crippen MR) is 43.6 cm³/mol. The lowest BCUT2D eigenvalue weighted by atomic mass is 10.3. The number of para-hydroxylation sites is 2. The van der Waals surface area contributed by atoms with Gasteiger partial charge in [0, 0.05) is 0 Å². The van der Waals surface area contributed by atoms with Gasteiger partial charge in [0.05, 0.1) is 12.4 Å². The Morgan fingerprint density at radius 2 is 2.23 bits per heavy atom. The van der Waals surface area contributed by atoms with E-state index in [4.69, 9.17) is 0 Å². The maximum atomic E-state index is 10.3. The third-order valence-electron chi connectivity index (χ3n) is 1.82. The summed E-state index contributed by atoms with van der Waals surface area (Å²) in [4.78, 5) is 16.2. The molecule has 13 heavy (non-hydrogen) atoms. The largest absolute Gasteiger partial charge is 0.549 e. The molecule has 1 aromatic heterocycles. The Bertz CT molecular complexity index is 415. The van der Waals surface area contributed by atoms with Gasteiger partial charge >= 0.3 is 0 Å². The zero-order chi connectivity index (χ0) is 9.26. The molecule has 0 aliphatic carbocycles. The minimum Gasteiger partial charge on any atom is -0.549 e. The first-order valence-electron chi connectivity index (χ1n) is 3.94. The van der Waals surface area contributed by atoms with Crippen LogP contribution in [0, 0.1) is 0 Å². The van der Waals surface area contributed by atoms with Crippen molar-refractivity contribution in [3.05, 3.63) is 30.1 Å². The van der Waals surface area contributed by atoms with Gasteiger partial charge < -0.3 is 9.90 Å². The second-order valence-corrected chi connectivity index (χ2v) is 2.82. The van der Waals surface area contributed by atoms with Gasteiger partial charge in [-0.15, -0.1) is 0 Å². The third kappa shape index (κ3) is 1.51. The number of aliphatic carboxylic acids is 1. The number of rotatable bonds is 2. The number of carboxylic acids is 1. The molecule has 0 saturated carbocycles. The van der Waals surface area contributed by atoms with Crippen molar-refractivity contribution in [1.82, 2.24) is 4.98 Å². The third-order valence-corrected chi connectivity index (χ3v) is 1.82. The number of H-pyrrole nitrogens is 2. The Balaban J connectivity index is 2.44. The second-order valence-electron chi connectivity index (χ2n) is 2.82. The Morgan fingerprint density at radius 1 is 1.46 bits per heavy atom. The predicted octanol–water partition coefficient (Wildman–Crippen LogP) is -0.726. The van der Waals surface area contributed by atoms with Gasteiger partial charge in [-0.3, -0.25) is 0 Å². The number of benzene rings is 1. The van der Waals surface area contributed by atoms with Crippen LogP contribution in [0.15, 0.2) is 24.3 Å². The monoisotopic (exact) mass is 176 g/mol. The summed E-state index contributed by atoms with van der Waals surface area (Å²) in [6.07, 6.45) is -0.116. The molecule has 0 fully saturated rings. The quantitative estimate of drug-likeness (QED) is 0.655. The van der Waals surface area contributed by atoms with Gasteiger partial charge in [-0.2, -0.15) is 0 Å². The van der Waals surface area contributed by atoms with Gasteiger partial charge in [0.15, 0.2) is 11.0 Å². The second kappa shape index (κ2) is 2.90. The molecule has 4 heteroatoms. The molecule has 0 saturated heterocycles. The fourth-order valence-electron chi connectivity index (χ4n) is 1.29. The zero-order valence-corrected chi connectivity index (χ0v) is 6.83. The number of aromatic nitrogens is 2. The molecule has 1 aromatic carbocycles. The van der Waals surface area contributed by atoms with Crippen LogP contribution in [0.3, 0.4) is 0 Å². The summed E-state index contributed by atoms with van der Waals surface area (Å²) < 4.78 is 0. The van der Waals surface area contributed by atoms with Crippen molar-refractivity contribution < 1.29 is 14.9 Å². The van der Waals surface area contributed by atoms with E-state index in [1.165, 1.54) is 0 Å². The van der Waals surface area contributed by atoms with E-state index in [2.05, 4.69) is 9.97 Å². The number of carbonyl (C=O) groups is 1. The molecule has 0 spiro atoms. The van der Waals surface area contributed by atoms with Crippen molar-refractivity contribution in [2.24, 2.45) is 0 Å². The normalized spacial score (nSPS) is 10.5. The van der Waals surface area contributed by atoms with E-state index in [1.807, 2.05) is 24.3 Å². The van der Waals surface area contributed by atoms with Crippen LogP contribution in [0.25, 0.3) is 11.0 Å². The van der Waals surface area contributed by atoms with Crippen molar-refractivity contribution in [2.75, 3.05) is 0 Å². The fourth-order valence-corrected chi connectivity index (χ4v) is 1.29. The minimum atomic E-state index is -1.09. The van der Waals surface area contributed by atoms with E-state index in [1.54, 1.807) is 0 Å². The lowest BCUT2D eigenvalue weighted by molar-refractivity contribution is -0.362. The fraction of sp³-hybridized carbons (Fsp3) is 0.111. The lowest BCUT2D eigenvalue weighted by Crippen LogP contribution is -2.27. The Morgan fingerprint density at radius 3 is 2.92 bits per heavy atom. The Hall–Kier alpha value is -1.84. The molecule has 2 N–H and O–H groups in total. The molecular weight excluding hydrogens is 168 g/mol. The van der Waals surface area contributed by atoms with E-state index in [-0.39, 0.29) is 6.42 Å². The van der Waals surface area contributed by atoms with Crippen molar-refractivity contribution in [2.45, 2.75) is 6.42 Å². The average molecular weight is 176 g/mol. The number of imidazole rings is 1. The van der Waals surface area contributed by atoms with E-state index in [0.717, 1.165) is 11.0 Å². The highest BCUT2D eigenvalue weighted by Gasteiger charge is 2.08. The van der Waals surface area contributed by atoms with Crippen LogP contribution in [0.5, 0.6) is 0 Å². The summed E-state index contributed by atoms with van der Waals surface area (Å²) in [6.45, 7) is 0. The van der Waals surface area contributed by atoms with Crippen LogP contribution >= 0.6 is 0 Å². The van der Waals surface area contributed by atoms with Gasteiger partial charge in [0.25, 0.3) is 5.82 Å². The molecular formula is C9H8N2O2. The number of nitrogens with one attached hydrogen (secondary N) is 2. The van der Waals surface area contributed by atoms with Gasteiger partial charge in [-0.05, 0) is 12.1 Å². The first kappa shape index (κ1) is 7.79. The number of aromatic amines is 2. The first-order valence-corrected chi connectivity index (χ1v) is 3.94. The molecule has 0 unspecified atom stereocenters. The number of carbonyl (C=O) groups excluding carboxylic acids is 1. The highest BCUT2D eigenvalue weighted by Crippen LogP contribution is 2.05. The molecule has 66 valence electrons. The average Bonchev–Trinajstić information content (AvgIpc) is 2.44. The maximum Gasteiger partial charge on any atom is 0.258 e. The number of fused-ring (bicyclic) bond motifs is 1. The van der Waals surface area contributed by atoms with Gasteiger partial charge in [0.2, 0.25) is 0 Å². The van der Waals surface area contributed by atoms with Crippen molar-refractivity contribution in [3.63, 3.8) is 0 Å². The van der Waals surface area contributed by atoms with Crippen LogP contribution in [0.2, 0.25) is 0 Å². The molecule has 0 bridgehead atoms. The summed E-state index contributed by atoms with van der Waals surface area (Å²) >= 11 is 0. The molecule has 2 aromatic rings. The highest BCUT2D eigenvalue weighted by molar-refractivity contribution is 5.72. The zero-order valence-electron chi connectivity index (χ0n) is 6.83. The molecule has 0 atom stereocenters. The van der Waals surface area contributed by atoms with E-state index >= 15 is 0 Å². The standard InChI is InChI=1S/C9H8N2O2/c12-9(13)5-8-10-6-3-1-2-4-7(6)11-8/h1-4H,5H2,(H,10,11)(H,12,13). The Kier molecular flexibility index (Phi) is 1.73. The molecule has 2 rings (SSSR count). The summed E-state index contributed by atoms with van der Waals surface area (Å²) in [5.41, 5.74) is 1.80. The van der Waals surface area contributed by atoms with Crippen LogP contribution in [-0.4, -0.2) is 11.0 Å². The molecule has 0 aliphatic heterocycles. The summed E-state index contributed by atoms with van der Waals surface area (Å²) in [5.74, 6) is -0.538. The highest BCUT2D eigenvalue weighted by atomic mass is 16.4. The molecule has 0 radical (unpaired) electrons. The summed E-state index contributed by atoms with van der Waals surface area (Å²) in [5, 5.41) is 10.3. The topological polar surface area (TPSA) is 70.1 Å². The molecule has 0 amide bonds. The number of hydrogen-bond acceptors (Lipinski definition) is 2. The van der Waals surface area contributed by atoms with E-state index < -0.39 is 5.97 Å². The van der Waals surface area contributed by atoms with Gasteiger partial charge in [-0.1, -0.05) is 12.1 Å². The molecule has 1 heterocycles. The van der Waals surface area contributed by atoms with Crippen LogP contribution < -0.4 is 10.1 Å². The minimum absolute atomic E-state index is 0.116. The number of carboxylic acid groups (broad SMARTS) is 1. The van der Waals surface area contributed by atoms with E-state index in [0.29, 0.717) is 5.82 Å². The molecule has 0 aliphatic rings. The smallest absolute Gasteiger partial charge is 0.258 e. The first-order chi connectivity index (χ1) is 6.25. The van der Waals surface area contributed by atoms with Crippen LogP contribution in [-0.2, 0) is 11.2 Å². The lowest BCUT2D eigenvalue weighted by Gasteiger charge is -1.91. The van der Waals surface area contributed by atoms with Gasteiger partial charge in [-0.25, -0.2) is 9.97 Å². The SMILES string of the molecule is O=C([O-])Cc1[nH]c2ccccc2[nH+]1. The van der Waals surface area contributed by atoms with Gasteiger partial charge in [0.1, 0.15) is 0 Å². The van der Waals surface area contributed by atoms with Crippen molar-refractivity contribution >= 4 is 17.0 Å². The van der Waals surface area contributed by atoms with Crippen LogP contribution in [0.1, 0.15) is 5.82 Å². The maximum absolute atomic E-state index is 10.3. The molecule has 4 nitrogen and oxygen atoms in total.